The number of rotatable bonds is 1. The summed E-state index contributed by atoms with van der Waals surface area (Å²) < 4.78 is 0. The molecule has 0 aromatic heterocycles. The van der Waals surface area contributed by atoms with Gasteiger partial charge in [-0.25, -0.2) is 0 Å². The van der Waals surface area contributed by atoms with E-state index in [0.29, 0.717) is 0 Å². The largest absolute Gasteiger partial charge is 0.317 e. The lowest BCUT2D eigenvalue weighted by Crippen LogP contribution is -2.13. The minimum absolute atomic E-state index is 0.767. The van der Waals surface area contributed by atoms with Crippen LogP contribution in [0.25, 0.3) is 0 Å². The van der Waals surface area contributed by atoms with E-state index in [1.54, 1.807) is 0 Å². The summed E-state index contributed by atoms with van der Waals surface area (Å²) in [6.07, 6.45) is 5.29. The second kappa shape index (κ2) is 4.27. The predicted molar refractivity (Wildman–Crippen MR) is 72.9 cm³/mol. The number of hydrogen-bond acceptors (Lipinski definition) is 1. The van der Waals surface area contributed by atoms with E-state index in [1.807, 2.05) is 24.3 Å². The fraction of sp³-hybridized carbons (Fsp3) is 0.0667. The Labute approximate surface area is 106 Å². The van der Waals surface area contributed by atoms with Gasteiger partial charge in [0.05, 0.1) is 0 Å². The zero-order valence-corrected chi connectivity index (χ0v) is 10.1. The van der Waals surface area contributed by atoms with Gasteiger partial charge in [0.15, 0.2) is 0 Å². The number of fused-ring (bicyclic) bond motifs is 1. The number of para-hydroxylation sites is 1. The van der Waals surface area contributed by atoms with Gasteiger partial charge in [-0.1, -0.05) is 35.9 Å². The number of allylic oxidation sites excluding steroid dienone is 1. The van der Waals surface area contributed by atoms with Crippen molar-refractivity contribution in [2.75, 3.05) is 4.90 Å². The Morgan fingerprint density at radius 1 is 0.941 bits per heavy atom. The van der Waals surface area contributed by atoms with Gasteiger partial charge in [-0.15, -0.1) is 0 Å². The summed E-state index contributed by atoms with van der Waals surface area (Å²) in [5, 5.41) is 0.767. The highest BCUT2D eigenvalue weighted by Crippen LogP contribution is 2.32. The first kappa shape index (κ1) is 10.4. The lowest BCUT2D eigenvalue weighted by Gasteiger charge is -2.26. The zero-order valence-electron chi connectivity index (χ0n) is 9.31. The predicted octanol–water partition coefficient (Wildman–Crippen LogP) is 4.55. The minimum Gasteiger partial charge on any atom is -0.317 e. The molecular formula is C15H12ClN. The summed E-state index contributed by atoms with van der Waals surface area (Å²) in [6.45, 7) is 0. The highest BCUT2D eigenvalue weighted by atomic mass is 35.5. The van der Waals surface area contributed by atoms with Crippen LogP contribution in [0, 0.1) is 0 Å². The van der Waals surface area contributed by atoms with Crippen molar-refractivity contribution in [2.24, 2.45) is 0 Å². The molecular weight excluding hydrogens is 230 g/mol. The van der Waals surface area contributed by atoms with Crippen LogP contribution in [0.15, 0.2) is 60.8 Å². The Morgan fingerprint density at radius 2 is 1.71 bits per heavy atom. The van der Waals surface area contributed by atoms with E-state index < -0.39 is 0 Å². The number of nitrogens with zero attached hydrogens (tertiary/aromatic N) is 1. The van der Waals surface area contributed by atoms with Crippen molar-refractivity contribution in [3.63, 3.8) is 0 Å². The number of benzene rings is 2. The van der Waals surface area contributed by atoms with Gasteiger partial charge in [0.2, 0.25) is 0 Å². The number of anilines is 2. The highest BCUT2D eigenvalue weighted by molar-refractivity contribution is 6.30. The summed E-state index contributed by atoms with van der Waals surface area (Å²) >= 11 is 5.91. The summed E-state index contributed by atoms with van der Waals surface area (Å²) in [5.41, 5.74) is 3.74. The van der Waals surface area contributed by atoms with Crippen molar-refractivity contribution in [3.8, 4) is 0 Å². The second-order valence-corrected chi connectivity index (χ2v) is 4.50. The Morgan fingerprint density at radius 3 is 2.53 bits per heavy atom. The molecule has 0 fully saturated rings. The molecule has 0 aliphatic carbocycles. The summed E-state index contributed by atoms with van der Waals surface area (Å²) in [4.78, 5) is 2.19. The molecule has 0 saturated heterocycles. The lowest BCUT2D eigenvalue weighted by molar-refractivity contribution is 1.13. The summed E-state index contributed by atoms with van der Waals surface area (Å²) in [6, 6.07) is 16.4. The van der Waals surface area contributed by atoms with Gasteiger partial charge in [-0.3, -0.25) is 0 Å². The average Bonchev–Trinajstić information content (AvgIpc) is 2.39. The lowest BCUT2D eigenvalue weighted by atomic mass is 10.1. The van der Waals surface area contributed by atoms with Crippen LogP contribution in [0.2, 0.25) is 5.02 Å². The van der Waals surface area contributed by atoms with E-state index in [9.17, 15) is 0 Å². The molecule has 1 aliphatic heterocycles. The standard InChI is InChI=1S/C15H12ClN/c16-13-7-9-14(10-8-13)17-11-3-5-12-4-1-2-6-15(12)17/h1-4,6-11H,5H2. The van der Waals surface area contributed by atoms with Crippen molar-refractivity contribution in [1.29, 1.82) is 0 Å². The van der Waals surface area contributed by atoms with Gasteiger partial charge in [0.25, 0.3) is 0 Å². The highest BCUT2D eigenvalue weighted by Gasteiger charge is 2.13. The summed E-state index contributed by atoms with van der Waals surface area (Å²) in [5.74, 6) is 0. The van der Waals surface area contributed by atoms with Crippen molar-refractivity contribution in [2.45, 2.75) is 6.42 Å². The quantitative estimate of drug-likeness (QED) is 0.708. The maximum absolute atomic E-state index is 5.91. The fourth-order valence-corrected chi connectivity index (χ4v) is 2.24. The van der Waals surface area contributed by atoms with Gasteiger partial charge in [-0.05, 0) is 42.3 Å². The molecule has 0 atom stereocenters. The zero-order chi connectivity index (χ0) is 11.7. The first-order chi connectivity index (χ1) is 8.34. The Balaban J connectivity index is 2.06. The molecule has 1 heterocycles. The van der Waals surface area contributed by atoms with Crippen molar-refractivity contribution in [3.05, 3.63) is 71.4 Å². The van der Waals surface area contributed by atoms with Crippen LogP contribution >= 0.6 is 11.6 Å². The Hall–Kier alpha value is -1.73. The molecule has 0 spiro atoms. The van der Waals surface area contributed by atoms with E-state index in [-0.39, 0.29) is 0 Å². The van der Waals surface area contributed by atoms with Crippen molar-refractivity contribution < 1.29 is 0 Å². The first-order valence-electron chi connectivity index (χ1n) is 5.64. The van der Waals surface area contributed by atoms with E-state index in [0.717, 1.165) is 17.1 Å². The Bertz CT molecular complexity index is 557. The van der Waals surface area contributed by atoms with E-state index in [4.69, 9.17) is 11.6 Å². The maximum Gasteiger partial charge on any atom is 0.0490 e. The molecule has 17 heavy (non-hydrogen) atoms. The molecule has 0 radical (unpaired) electrons. The van der Waals surface area contributed by atoms with E-state index >= 15 is 0 Å². The topological polar surface area (TPSA) is 3.24 Å². The van der Waals surface area contributed by atoms with Crippen LogP contribution in [0.5, 0.6) is 0 Å². The number of halogens is 1. The van der Waals surface area contributed by atoms with Crippen LogP contribution in [0.3, 0.4) is 0 Å². The van der Waals surface area contributed by atoms with Crippen LogP contribution < -0.4 is 4.90 Å². The van der Waals surface area contributed by atoms with Crippen LogP contribution in [0.4, 0.5) is 11.4 Å². The Kier molecular flexibility index (Phi) is 2.62. The third kappa shape index (κ3) is 1.94. The molecule has 0 saturated carbocycles. The SMILES string of the molecule is Clc1ccc(N2C=CCc3ccccc32)cc1. The molecule has 0 unspecified atom stereocenters. The van der Waals surface area contributed by atoms with Gasteiger partial charge in [-0.2, -0.15) is 0 Å². The summed E-state index contributed by atoms with van der Waals surface area (Å²) in [7, 11) is 0. The third-order valence-electron chi connectivity index (χ3n) is 2.95. The van der Waals surface area contributed by atoms with E-state index in [2.05, 4.69) is 41.4 Å². The van der Waals surface area contributed by atoms with Gasteiger partial charge in [0.1, 0.15) is 0 Å². The average molecular weight is 242 g/mol. The first-order valence-corrected chi connectivity index (χ1v) is 6.02. The molecule has 2 aromatic rings. The second-order valence-electron chi connectivity index (χ2n) is 4.06. The van der Waals surface area contributed by atoms with Crippen LogP contribution in [0.1, 0.15) is 5.56 Å². The van der Waals surface area contributed by atoms with Crippen molar-refractivity contribution >= 4 is 23.0 Å². The molecule has 3 rings (SSSR count). The molecule has 2 aromatic carbocycles. The number of hydrogen-bond donors (Lipinski definition) is 0. The van der Waals surface area contributed by atoms with Crippen LogP contribution in [-0.2, 0) is 6.42 Å². The fourth-order valence-electron chi connectivity index (χ4n) is 2.11. The van der Waals surface area contributed by atoms with E-state index in [1.165, 1.54) is 11.3 Å². The molecule has 2 heteroatoms. The molecule has 0 bridgehead atoms. The smallest absolute Gasteiger partial charge is 0.0490 e. The molecule has 1 aliphatic rings. The van der Waals surface area contributed by atoms with Gasteiger partial charge in [0, 0.05) is 22.6 Å². The molecule has 0 amide bonds. The van der Waals surface area contributed by atoms with Gasteiger partial charge < -0.3 is 4.90 Å². The van der Waals surface area contributed by atoms with Crippen molar-refractivity contribution in [1.82, 2.24) is 0 Å². The molecule has 84 valence electrons. The van der Waals surface area contributed by atoms with Gasteiger partial charge >= 0.3 is 0 Å². The third-order valence-corrected chi connectivity index (χ3v) is 3.20. The molecule has 0 N–H and O–H groups in total. The minimum atomic E-state index is 0.767. The molecule has 1 nitrogen and oxygen atoms in total. The monoisotopic (exact) mass is 241 g/mol. The maximum atomic E-state index is 5.91. The van der Waals surface area contributed by atoms with Crippen LogP contribution in [-0.4, -0.2) is 0 Å². The normalized spacial score (nSPS) is 13.6.